The molecule has 22 heavy (non-hydrogen) atoms. The molecular formula is C17H18ClNO3. The van der Waals surface area contributed by atoms with E-state index in [9.17, 15) is 9.59 Å². The summed E-state index contributed by atoms with van der Waals surface area (Å²) in [6, 6.07) is 6.88. The Kier molecular flexibility index (Phi) is 4.48. The van der Waals surface area contributed by atoms with Crippen LogP contribution < -0.4 is 10.9 Å². The Bertz CT molecular complexity index is 745. The maximum absolute atomic E-state index is 12.4. The summed E-state index contributed by atoms with van der Waals surface area (Å²) in [6.07, 6.45) is 6.60. The van der Waals surface area contributed by atoms with Crippen LogP contribution in [0.3, 0.4) is 0 Å². The van der Waals surface area contributed by atoms with Crippen molar-refractivity contribution in [3.63, 3.8) is 0 Å². The maximum atomic E-state index is 12.4. The summed E-state index contributed by atoms with van der Waals surface area (Å²) in [7, 11) is 0. The fourth-order valence-electron chi connectivity index (χ4n) is 2.95. The van der Waals surface area contributed by atoms with Crippen LogP contribution in [0.5, 0.6) is 0 Å². The predicted molar refractivity (Wildman–Crippen MR) is 86.5 cm³/mol. The van der Waals surface area contributed by atoms with Crippen molar-refractivity contribution >= 4 is 28.5 Å². The number of fused-ring (bicyclic) bond motifs is 1. The number of carbonyl (C=O) groups is 1. The van der Waals surface area contributed by atoms with E-state index in [1.807, 2.05) is 0 Å². The first kappa shape index (κ1) is 15.1. The van der Waals surface area contributed by atoms with Gasteiger partial charge in [0, 0.05) is 11.4 Å². The number of halogens is 1. The molecule has 2 aromatic rings. The van der Waals surface area contributed by atoms with Crippen molar-refractivity contribution in [1.82, 2.24) is 5.32 Å². The average molecular weight is 320 g/mol. The van der Waals surface area contributed by atoms with Gasteiger partial charge in [0.25, 0.3) is 5.91 Å². The highest BCUT2D eigenvalue weighted by molar-refractivity contribution is 6.34. The minimum atomic E-state index is -0.647. The molecule has 1 aliphatic carbocycles. The maximum Gasteiger partial charge on any atom is 0.349 e. The summed E-state index contributed by atoms with van der Waals surface area (Å²) in [5.74, 6) is -0.359. The molecule has 1 heterocycles. The fourth-order valence-corrected chi connectivity index (χ4v) is 3.17. The van der Waals surface area contributed by atoms with Gasteiger partial charge >= 0.3 is 5.63 Å². The number of carbonyl (C=O) groups excluding carboxylic acids is 1. The Morgan fingerprint density at radius 3 is 2.64 bits per heavy atom. The summed E-state index contributed by atoms with van der Waals surface area (Å²) >= 11 is 6.00. The van der Waals surface area contributed by atoms with Gasteiger partial charge in [-0.15, -0.1) is 0 Å². The summed E-state index contributed by atoms with van der Waals surface area (Å²) < 4.78 is 5.21. The number of rotatable bonds is 2. The average Bonchev–Trinajstić information content (AvgIpc) is 2.76. The fraction of sp³-hybridized carbons (Fsp3) is 0.412. The molecule has 1 fully saturated rings. The molecule has 1 amide bonds. The van der Waals surface area contributed by atoms with Crippen LogP contribution >= 0.6 is 11.6 Å². The molecule has 1 aliphatic rings. The normalized spacial score (nSPS) is 16.4. The zero-order chi connectivity index (χ0) is 15.5. The van der Waals surface area contributed by atoms with Gasteiger partial charge < -0.3 is 9.73 Å². The third-order valence-corrected chi connectivity index (χ3v) is 4.44. The second-order valence-electron chi connectivity index (χ2n) is 5.77. The minimum Gasteiger partial charge on any atom is -0.421 e. The molecule has 0 atom stereocenters. The number of benzene rings is 1. The highest BCUT2D eigenvalue weighted by Crippen LogP contribution is 2.22. The number of para-hydroxylation sites is 1. The standard InChI is InChI=1S/C17H18ClNO3/c18-14-9-5-6-11-10-13(17(21)22-15(11)14)16(20)19-12-7-3-1-2-4-8-12/h5-6,9-10,12H,1-4,7-8H2,(H,19,20). The van der Waals surface area contributed by atoms with Gasteiger partial charge in [-0.25, -0.2) is 4.79 Å². The van der Waals surface area contributed by atoms with E-state index in [1.165, 1.54) is 12.8 Å². The molecule has 3 rings (SSSR count). The first-order chi connectivity index (χ1) is 10.6. The lowest BCUT2D eigenvalue weighted by Gasteiger charge is -2.15. The largest absolute Gasteiger partial charge is 0.421 e. The number of amides is 1. The van der Waals surface area contributed by atoms with Gasteiger partial charge in [-0.05, 0) is 25.0 Å². The molecule has 1 N–H and O–H groups in total. The second kappa shape index (κ2) is 6.53. The lowest BCUT2D eigenvalue weighted by atomic mass is 10.1. The van der Waals surface area contributed by atoms with Crippen LogP contribution in [-0.4, -0.2) is 11.9 Å². The molecular weight excluding hydrogens is 302 g/mol. The van der Waals surface area contributed by atoms with Crippen LogP contribution in [0.15, 0.2) is 33.5 Å². The van der Waals surface area contributed by atoms with Gasteiger partial charge in [-0.2, -0.15) is 0 Å². The Balaban J connectivity index is 1.87. The highest BCUT2D eigenvalue weighted by atomic mass is 35.5. The first-order valence-electron chi connectivity index (χ1n) is 7.68. The number of hydrogen-bond acceptors (Lipinski definition) is 3. The predicted octanol–water partition coefficient (Wildman–Crippen LogP) is 3.90. The van der Waals surface area contributed by atoms with Gasteiger partial charge in [-0.1, -0.05) is 49.4 Å². The molecule has 0 spiro atoms. The van der Waals surface area contributed by atoms with E-state index in [0.717, 1.165) is 25.7 Å². The van der Waals surface area contributed by atoms with Crippen LogP contribution in [0.4, 0.5) is 0 Å². The third kappa shape index (κ3) is 3.17. The van der Waals surface area contributed by atoms with E-state index in [1.54, 1.807) is 24.3 Å². The molecule has 0 saturated heterocycles. The number of nitrogens with one attached hydrogen (secondary N) is 1. The van der Waals surface area contributed by atoms with E-state index < -0.39 is 5.63 Å². The smallest absolute Gasteiger partial charge is 0.349 e. The van der Waals surface area contributed by atoms with Crippen LogP contribution in [-0.2, 0) is 0 Å². The summed E-state index contributed by atoms with van der Waals surface area (Å²) in [5.41, 5.74) is -0.286. The molecule has 1 aromatic heterocycles. The SMILES string of the molecule is O=C(NC1CCCCCC1)c1cc2cccc(Cl)c2oc1=O. The van der Waals surface area contributed by atoms with Gasteiger partial charge in [0.05, 0.1) is 5.02 Å². The molecule has 1 saturated carbocycles. The third-order valence-electron chi connectivity index (χ3n) is 4.15. The van der Waals surface area contributed by atoms with Gasteiger partial charge in [0.15, 0.2) is 5.58 Å². The quantitative estimate of drug-likeness (QED) is 0.674. The van der Waals surface area contributed by atoms with E-state index >= 15 is 0 Å². The second-order valence-corrected chi connectivity index (χ2v) is 6.17. The summed E-state index contributed by atoms with van der Waals surface area (Å²) in [4.78, 5) is 24.4. The van der Waals surface area contributed by atoms with E-state index in [4.69, 9.17) is 16.0 Å². The van der Waals surface area contributed by atoms with Crippen molar-refractivity contribution in [1.29, 1.82) is 0 Å². The van der Waals surface area contributed by atoms with E-state index in [-0.39, 0.29) is 17.5 Å². The van der Waals surface area contributed by atoms with Crippen LogP contribution in [0.25, 0.3) is 11.0 Å². The Labute approximate surface area is 133 Å². The van der Waals surface area contributed by atoms with Gasteiger partial charge in [-0.3, -0.25) is 4.79 Å². The van der Waals surface area contributed by atoms with Crippen molar-refractivity contribution in [2.45, 2.75) is 44.6 Å². The molecule has 0 unspecified atom stereocenters. The minimum absolute atomic E-state index is 0.0408. The lowest BCUT2D eigenvalue weighted by Crippen LogP contribution is -2.36. The Hall–Kier alpha value is -1.81. The van der Waals surface area contributed by atoms with E-state index in [2.05, 4.69) is 5.32 Å². The molecule has 0 bridgehead atoms. The lowest BCUT2D eigenvalue weighted by molar-refractivity contribution is 0.0930. The van der Waals surface area contributed by atoms with Crippen molar-refractivity contribution in [2.24, 2.45) is 0 Å². The summed E-state index contributed by atoms with van der Waals surface area (Å²) in [5, 5.41) is 3.98. The molecule has 4 nitrogen and oxygen atoms in total. The van der Waals surface area contributed by atoms with Crippen LogP contribution in [0.1, 0.15) is 48.9 Å². The summed E-state index contributed by atoms with van der Waals surface area (Å²) in [6.45, 7) is 0. The van der Waals surface area contributed by atoms with E-state index in [0.29, 0.717) is 16.0 Å². The zero-order valence-electron chi connectivity index (χ0n) is 12.2. The molecule has 0 aliphatic heterocycles. The Morgan fingerprint density at radius 1 is 1.18 bits per heavy atom. The van der Waals surface area contributed by atoms with Crippen molar-refractivity contribution in [3.8, 4) is 0 Å². The van der Waals surface area contributed by atoms with Crippen molar-refractivity contribution < 1.29 is 9.21 Å². The topological polar surface area (TPSA) is 59.3 Å². The van der Waals surface area contributed by atoms with Gasteiger partial charge in [0.2, 0.25) is 0 Å². The molecule has 116 valence electrons. The van der Waals surface area contributed by atoms with Crippen molar-refractivity contribution in [2.75, 3.05) is 0 Å². The number of hydrogen-bond donors (Lipinski definition) is 1. The van der Waals surface area contributed by atoms with Crippen LogP contribution in [0.2, 0.25) is 5.02 Å². The molecule has 5 heteroatoms. The zero-order valence-corrected chi connectivity index (χ0v) is 13.0. The Morgan fingerprint density at radius 2 is 1.91 bits per heavy atom. The molecule has 1 aromatic carbocycles. The highest BCUT2D eigenvalue weighted by Gasteiger charge is 2.19. The monoisotopic (exact) mass is 319 g/mol. The molecule has 0 radical (unpaired) electrons. The van der Waals surface area contributed by atoms with Crippen molar-refractivity contribution in [3.05, 3.63) is 45.3 Å². The van der Waals surface area contributed by atoms with Gasteiger partial charge in [0.1, 0.15) is 5.56 Å². The first-order valence-corrected chi connectivity index (χ1v) is 8.06. The van der Waals surface area contributed by atoms with Crippen LogP contribution in [0, 0.1) is 0 Å².